The van der Waals surface area contributed by atoms with Gasteiger partial charge in [0.1, 0.15) is 6.61 Å². The van der Waals surface area contributed by atoms with Crippen molar-refractivity contribution in [1.29, 1.82) is 0 Å². The molecule has 7 nitrogen and oxygen atoms in total. The lowest BCUT2D eigenvalue weighted by Crippen LogP contribution is -2.42. The van der Waals surface area contributed by atoms with Crippen LogP contribution < -0.4 is 9.99 Å². The first-order chi connectivity index (χ1) is 13.2. The molecule has 0 radical (unpaired) electrons. The van der Waals surface area contributed by atoms with E-state index in [4.69, 9.17) is 4.74 Å². The maximum atomic E-state index is 12.1. The zero-order chi connectivity index (χ0) is 18.9. The lowest BCUT2D eigenvalue weighted by Gasteiger charge is -2.26. The molecule has 7 heteroatoms. The summed E-state index contributed by atoms with van der Waals surface area (Å²) in [6.45, 7) is 1.56. The van der Waals surface area contributed by atoms with E-state index in [0.717, 1.165) is 11.3 Å². The summed E-state index contributed by atoms with van der Waals surface area (Å²) >= 11 is 0. The van der Waals surface area contributed by atoms with E-state index in [1.54, 1.807) is 9.47 Å². The van der Waals surface area contributed by atoms with E-state index in [1.807, 2.05) is 60.9 Å². The van der Waals surface area contributed by atoms with Crippen LogP contribution in [0.2, 0.25) is 0 Å². The zero-order valence-corrected chi connectivity index (χ0v) is 15.1. The highest BCUT2D eigenvalue weighted by molar-refractivity contribution is 5.88. The number of ether oxygens (including phenoxy) is 1. The fourth-order valence-electron chi connectivity index (χ4n) is 2.75. The van der Waals surface area contributed by atoms with Crippen LogP contribution in [0.25, 0.3) is 0 Å². The molecule has 1 aliphatic rings. The number of pyridine rings is 1. The summed E-state index contributed by atoms with van der Waals surface area (Å²) in [4.78, 5) is 25.7. The topological polar surface area (TPSA) is 74.9 Å². The molecule has 0 bridgehead atoms. The Bertz CT molecular complexity index is 783. The van der Waals surface area contributed by atoms with Gasteiger partial charge >= 0.3 is 12.0 Å². The number of hydrogen-bond donors (Lipinski definition) is 1. The van der Waals surface area contributed by atoms with E-state index in [-0.39, 0.29) is 25.2 Å². The average molecular weight is 367 g/mol. The lowest BCUT2D eigenvalue weighted by molar-refractivity contribution is -0.684. The van der Waals surface area contributed by atoms with Gasteiger partial charge in [-0.3, -0.25) is 4.79 Å². The van der Waals surface area contributed by atoms with Gasteiger partial charge < -0.3 is 9.64 Å². The van der Waals surface area contributed by atoms with Crippen molar-refractivity contribution in [3.63, 3.8) is 0 Å². The number of piperidine rings is 1. The smallest absolute Gasteiger partial charge is 0.410 e. The molecule has 1 fully saturated rings. The first-order valence-corrected chi connectivity index (χ1v) is 8.95. The van der Waals surface area contributed by atoms with Crippen molar-refractivity contribution in [3.8, 4) is 0 Å². The Hall–Kier alpha value is -3.22. The Morgan fingerprint density at radius 3 is 2.41 bits per heavy atom. The number of likely N-dealkylation sites (tertiary alicyclic amines) is 1. The highest BCUT2D eigenvalue weighted by Crippen LogP contribution is 2.10. The van der Waals surface area contributed by atoms with E-state index < -0.39 is 0 Å². The van der Waals surface area contributed by atoms with Crippen molar-refractivity contribution < 1.29 is 18.9 Å². The largest absolute Gasteiger partial charge is 0.445 e. The number of hydrazone groups is 1. The quantitative estimate of drug-likeness (QED) is 0.648. The van der Waals surface area contributed by atoms with Gasteiger partial charge in [-0.25, -0.2) is 10.2 Å². The maximum absolute atomic E-state index is 12.1. The number of aromatic nitrogens is 1. The molecule has 1 aromatic carbocycles. The fourth-order valence-corrected chi connectivity index (χ4v) is 2.75. The molecule has 0 atom stereocenters. The molecule has 1 saturated heterocycles. The summed E-state index contributed by atoms with van der Waals surface area (Å²) in [5.74, 6) is -0.177. The van der Waals surface area contributed by atoms with E-state index in [0.29, 0.717) is 25.9 Å². The van der Waals surface area contributed by atoms with Crippen LogP contribution in [-0.2, 0) is 22.7 Å². The molecule has 0 aliphatic carbocycles. The Labute approximate surface area is 158 Å². The number of nitrogens with one attached hydrogen (secondary N) is 1. The van der Waals surface area contributed by atoms with Crippen LogP contribution in [0.5, 0.6) is 0 Å². The fraction of sp³-hybridized carbons (Fsp3) is 0.300. The number of hydrogen-bond acceptors (Lipinski definition) is 4. The molecule has 1 aliphatic heterocycles. The molecule has 0 unspecified atom stereocenters. The number of nitrogens with zero attached hydrogens (tertiary/aromatic N) is 3. The minimum Gasteiger partial charge on any atom is -0.445 e. The van der Waals surface area contributed by atoms with Crippen molar-refractivity contribution in [1.82, 2.24) is 10.3 Å². The summed E-state index contributed by atoms with van der Waals surface area (Å²) in [5, 5.41) is 4.19. The third kappa shape index (κ3) is 5.91. The second-order valence-electron chi connectivity index (χ2n) is 6.29. The van der Waals surface area contributed by atoms with Gasteiger partial charge in [-0.1, -0.05) is 36.4 Å². The number of carbonyl (C=O) groups is 2. The van der Waals surface area contributed by atoms with E-state index >= 15 is 0 Å². The minimum atomic E-state index is -0.317. The van der Waals surface area contributed by atoms with Gasteiger partial charge in [-0.05, 0) is 5.56 Å². The molecule has 2 aromatic rings. The summed E-state index contributed by atoms with van der Waals surface area (Å²) in [7, 11) is 0. The van der Waals surface area contributed by atoms with Crippen LogP contribution in [0.1, 0.15) is 18.4 Å². The van der Waals surface area contributed by atoms with Crippen LogP contribution in [0, 0.1) is 0 Å². The van der Waals surface area contributed by atoms with Gasteiger partial charge in [0, 0.05) is 43.8 Å². The first kappa shape index (κ1) is 18.6. The lowest BCUT2D eigenvalue weighted by atomic mass is 10.1. The van der Waals surface area contributed by atoms with Crippen molar-refractivity contribution in [2.75, 3.05) is 13.1 Å². The first-order valence-electron chi connectivity index (χ1n) is 8.95. The highest BCUT2D eigenvalue weighted by atomic mass is 16.6. The van der Waals surface area contributed by atoms with Gasteiger partial charge in [0.15, 0.2) is 12.4 Å². The highest BCUT2D eigenvalue weighted by Gasteiger charge is 2.21. The number of amides is 2. The second-order valence-corrected chi connectivity index (χ2v) is 6.29. The Morgan fingerprint density at radius 2 is 1.70 bits per heavy atom. The second kappa shape index (κ2) is 9.47. The van der Waals surface area contributed by atoms with Crippen LogP contribution in [0.15, 0.2) is 66.0 Å². The van der Waals surface area contributed by atoms with Gasteiger partial charge in [0.2, 0.25) is 6.54 Å². The van der Waals surface area contributed by atoms with E-state index in [1.165, 1.54) is 0 Å². The van der Waals surface area contributed by atoms with Crippen LogP contribution in [0.3, 0.4) is 0 Å². The molecule has 2 amide bonds. The number of rotatable bonds is 5. The third-order valence-corrected chi connectivity index (χ3v) is 4.25. The van der Waals surface area contributed by atoms with Crippen molar-refractivity contribution >= 4 is 17.7 Å². The molecule has 140 valence electrons. The SMILES string of the molecule is O=C(C[n+]1ccccc1)NN=C1CCN(C(=O)OCc2ccccc2)CC1. The molecule has 3 rings (SSSR count). The Morgan fingerprint density at radius 1 is 1.04 bits per heavy atom. The molecule has 1 N–H and O–H groups in total. The standard InChI is InChI=1S/C20H22N4O3/c25-19(15-23-11-5-2-6-12-23)22-21-18-9-13-24(14-10-18)20(26)27-16-17-7-3-1-4-8-17/h1-8,11-12H,9-10,13-16H2/p+1. The monoisotopic (exact) mass is 367 g/mol. The van der Waals surface area contributed by atoms with Gasteiger partial charge in [-0.2, -0.15) is 9.67 Å². The van der Waals surface area contributed by atoms with Crippen molar-refractivity contribution in [2.45, 2.75) is 26.0 Å². The molecule has 1 aromatic heterocycles. The summed E-state index contributed by atoms with van der Waals surface area (Å²) < 4.78 is 7.12. The average Bonchev–Trinajstić information content (AvgIpc) is 2.72. The molecule has 0 saturated carbocycles. The van der Waals surface area contributed by atoms with E-state index in [9.17, 15) is 9.59 Å². The minimum absolute atomic E-state index is 0.177. The summed E-state index contributed by atoms with van der Waals surface area (Å²) in [6, 6.07) is 15.2. The van der Waals surface area contributed by atoms with Gasteiger partial charge in [0.05, 0.1) is 0 Å². The molecule has 0 spiro atoms. The summed E-state index contributed by atoms with van der Waals surface area (Å²) in [5.41, 5.74) is 4.43. The molecular weight excluding hydrogens is 344 g/mol. The molecule has 2 heterocycles. The number of benzene rings is 1. The number of carbonyl (C=O) groups excluding carboxylic acids is 2. The van der Waals surface area contributed by atoms with Crippen LogP contribution in [-0.4, -0.2) is 35.7 Å². The summed E-state index contributed by atoms with van der Waals surface area (Å²) in [6.07, 6.45) is 4.58. The predicted molar refractivity (Wildman–Crippen MR) is 99.6 cm³/mol. The van der Waals surface area contributed by atoms with Crippen LogP contribution in [0.4, 0.5) is 4.79 Å². The maximum Gasteiger partial charge on any atom is 0.410 e. The third-order valence-electron chi connectivity index (χ3n) is 4.25. The van der Waals surface area contributed by atoms with Gasteiger partial charge in [0.25, 0.3) is 0 Å². The van der Waals surface area contributed by atoms with Crippen molar-refractivity contribution in [2.24, 2.45) is 5.10 Å². The predicted octanol–water partition coefficient (Wildman–Crippen LogP) is 1.88. The Balaban J connectivity index is 1.39. The Kier molecular flexibility index (Phi) is 6.51. The molecule has 27 heavy (non-hydrogen) atoms. The van der Waals surface area contributed by atoms with Gasteiger partial charge in [-0.15, -0.1) is 0 Å². The van der Waals surface area contributed by atoms with Crippen LogP contribution >= 0.6 is 0 Å². The normalized spacial score (nSPS) is 13.8. The zero-order valence-electron chi connectivity index (χ0n) is 15.1. The van der Waals surface area contributed by atoms with Crippen molar-refractivity contribution in [3.05, 3.63) is 66.5 Å². The molecular formula is C20H23N4O3+. The van der Waals surface area contributed by atoms with E-state index in [2.05, 4.69) is 10.5 Å².